The number of nitrogens with one attached hydrogen (secondary N) is 2. The zero-order chi connectivity index (χ0) is 30.2. The van der Waals surface area contributed by atoms with Crippen LogP contribution in [0.15, 0.2) is 66.1 Å². The van der Waals surface area contributed by atoms with Gasteiger partial charge in [0, 0.05) is 38.7 Å². The van der Waals surface area contributed by atoms with Gasteiger partial charge < -0.3 is 25.5 Å². The van der Waals surface area contributed by atoms with Gasteiger partial charge >= 0.3 is 0 Å². The minimum Gasteiger partial charge on any atom is -0.388 e. The third-order valence-electron chi connectivity index (χ3n) is 8.01. The largest absolute Gasteiger partial charge is 0.388 e. The molecule has 3 fully saturated rings. The predicted molar refractivity (Wildman–Crippen MR) is 164 cm³/mol. The Bertz CT molecular complexity index is 1330. The van der Waals surface area contributed by atoms with Crippen LogP contribution in [-0.2, 0) is 15.1 Å². The van der Waals surface area contributed by atoms with E-state index < -0.39 is 11.4 Å². The van der Waals surface area contributed by atoms with Crippen molar-refractivity contribution in [3.63, 3.8) is 0 Å². The Labute approximate surface area is 251 Å². The van der Waals surface area contributed by atoms with Crippen LogP contribution in [0.25, 0.3) is 0 Å². The number of aliphatic imine (C=N–C) groups is 1. The number of amides is 2. The number of hydrogen-bond acceptors (Lipinski definition) is 7. The lowest BCUT2D eigenvalue weighted by Crippen LogP contribution is -2.31. The van der Waals surface area contributed by atoms with Crippen LogP contribution in [-0.4, -0.2) is 64.3 Å². The van der Waals surface area contributed by atoms with E-state index in [1.165, 1.54) is 18.9 Å². The maximum absolute atomic E-state index is 13.8. The first kappa shape index (κ1) is 31.2. The Morgan fingerprint density at radius 1 is 1.21 bits per heavy atom. The SMILES string of the molecule is CCC1(O)CCN(C=O)C1.CNc1ccc(Cl)cn1.O=CNc1cc(C2(CCC3CC3)C3=NC=CC=CN32)ccc1F. The van der Waals surface area contributed by atoms with Gasteiger partial charge in [0.05, 0.1) is 16.3 Å². The number of halogens is 2. The Morgan fingerprint density at radius 2 is 2.02 bits per heavy atom. The van der Waals surface area contributed by atoms with Crippen molar-refractivity contribution in [2.75, 3.05) is 30.8 Å². The van der Waals surface area contributed by atoms with Gasteiger partial charge in [0.25, 0.3) is 0 Å². The molecule has 2 unspecified atom stereocenters. The number of carbonyl (C=O) groups excluding carboxylic acids is 2. The van der Waals surface area contributed by atoms with Crippen LogP contribution in [0, 0.1) is 11.7 Å². The fourth-order valence-corrected chi connectivity index (χ4v) is 5.28. The number of amidine groups is 1. The average Bonchev–Trinajstić information content (AvgIpc) is 3.91. The molecule has 2 aromatic rings. The molecule has 224 valence electrons. The van der Waals surface area contributed by atoms with Crippen LogP contribution in [0.3, 0.4) is 0 Å². The molecule has 9 nitrogen and oxygen atoms in total. The molecule has 1 aromatic carbocycles. The van der Waals surface area contributed by atoms with Gasteiger partial charge in [-0.1, -0.05) is 37.4 Å². The number of aliphatic hydroxyl groups is 1. The predicted octanol–water partition coefficient (Wildman–Crippen LogP) is 5.30. The second kappa shape index (κ2) is 13.9. The lowest BCUT2D eigenvalue weighted by atomic mass is 9.91. The molecule has 2 atom stereocenters. The summed E-state index contributed by atoms with van der Waals surface area (Å²) in [7, 11) is 1.82. The van der Waals surface area contributed by atoms with E-state index in [1.807, 2.05) is 38.4 Å². The maximum Gasteiger partial charge on any atom is 0.211 e. The number of β-amino-alcohol motifs (C(OH)–C–C–N with tert-alkyl or cyclic N) is 1. The van der Waals surface area contributed by atoms with Crippen molar-refractivity contribution < 1.29 is 19.1 Å². The van der Waals surface area contributed by atoms with Crippen LogP contribution in [0.2, 0.25) is 5.02 Å². The highest BCUT2D eigenvalue weighted by Crippen LogP contribution is 2.52. The van der Waals surface area contributed by atoms with Crippen molar-refractivity contribution in [1.82, 2.24) is 14.8 Å². The van der Waals surface area contributed by atoms with Gasteiger partial charge in [0.1, 0.15) is 23.0 Å². The zero-order valence-corrected chi connectivity index (χ0v) is 24.7. The molecule has 4 aliphatic rings. The van der Waals surface area contributed by atoms with Gasteiger partial charge in [0.15, 0.2) is 0 Å². The van der Waals surface area contributed by atoms with Crippen LogP contribution in [0.1, 0.15) is 51.0 Å². The van der Waals surface area contributed by atoms with E-state index in [2.05, 4.69) is 25.5 Å². The summed E-state index contributed by atoms with van der Waals surface area (Å²) in [5.41, 5.74) is 0.297. The monoisotopic (exact) mass is 596 g/mol. The highest BCUT2D eigenvalue weighted by atomic mass is 35.5. The Hall–Kier alpha value is -3.76. The Balaban J connectivity index is 0.000000176. The molecule has 3 N–H and O–H groups in total. The molecule has 1 aromatic heterocycles. The quantitative estimate of drug-likeness (QED) is 0.268. The molecule has 4 heterocycles. The first-order valence-corrected chi connectivity index (χ1v) is 14.6. The average molecular weight is 597 g/mol. The molecule has 2 saturated heterocycles. The number of anilines is 2. The summed E-state index contributed by atoms with van der Waals surface area (Å²) in [4.78, 5) is 33.2. The summed E-state index contributed by atoms with van der Waals surface area (Å²) >= 11 is 5.58. The fraction of sp³-hybridized carbons (Fsp3) is 0.419. The molecule has 2 amide bonds. The molecule has 0 radical (unpaired) electrons. The minimum atomic E-state index is -0.596. The lowest BCUT2D eigenvalue weighted by molar-refractivity contribution is -0.118. The number of benzene rings is 1. The van der Waals surface area contributed by atoms with Crippen LogP contribution >= 0.6 is 11.6 Å². The first-order chi connectivity index (χ1) is 20.3. The number of likely N-dealkylation sites (tertiary alicyclic amines) is 1. The molecule has 1 saturated carbocycles. The van der Waals surface area contributed by atoms with Crippen molar-refractivity contribution in [3.05, 3.63) is 77.5 Å². The summed E-state index contributed by atoms with van der Waals surface area (Å²) in [6.45, 7) is 3.15. The third-order valence-corrected chi connectivity index (χ3v) is 8.23. The number of allylic oxidation sites excluding steroid dienone is 2. The molecular weight excluding hydrogens is 559 g/mol. The second-order valence-corrected chi connectivity index (χ2v) is 11.3. The summed E-state index contributed by atoms with van der Waals surface area (Å²) in [6.07, 6.45) is 16.7. The smallest absolute Gasteiger partial charge is 0.211 e. The van der Waals surface area contributed by atoms with Crippen LogP contribution in [0.5, 0.6) is 0 Å². The molecule has 11 heteroatoms. The number of rotatable bonds is 9. The van der Waals surface area contributed by atoms with Crippen molar-refractivity contribution in [2.24, 2.45) is 10.9 Å². The fourth-order valence-electron chi connectivity index (χ4n) is 5.17. The van der Waals surface area contributed by atoms with Crippen LogP contribution in [0.4, 0.5) is 15.9 Å². The normalized spacial score (nSPS) is 23.3. The number of fused-ring (bicyclic) bond motifs is 1. The van der Waals surface area contributed by atoms with Crippen LogP contribution < -0.4 is 10.6 Å². The van der Waals surface area contributed by atoms with Gasteiger partial charge in [-0.2, -0.15) is 0 Å². The number of nitrogens with zero attached hydrogens (tertiary/aromatic N) is 4. The highest BCUT2D eigenvalue weighted by Gasteiger charge is 2.60. The van der Waals surface area contributed by atoms with Crippen molar-refractivity contribution in [1.29, 1.82) is 0 Å². The minimum absolute atomic E-state index is 0.214. The molecule has 42 heavy (non-hydrogen) atoms. The summed E-state index contributed by atoms with van der Waals surface area (Å²) < 4.78 is 13.8. The first-order valence-electron chi connectivity index (χ1n) is 14.2. The third kappa shape index (κ3) is 7.54. The Kier molecular flexibility index (Phi) is 10.3. The Morgan fingerprint density at radius 3 is 2.62 bits per heavy atom. The van der Waals surface area contributed by atoms with E-state index in [0.717, 1.165) is 55.2 Å². The molecule has 3 aliphatic heterocycles. The highest BCUT2D eigenvalue weighted by molar-refractivity contribution is 6.30. The van der Waals surface area contributed by atoms with Gasteiger partial charge in [-0.15, -0.1) is 0 Å². The van der Waals surface area contributed by atoms with E-state index in [4.69, 9.17) is 11.6 Å². The van der Waals surface area contributed by atoms with Gasteiger partial charge in [-0.25, -0.2) is 14.4 Å². The number of hydrogen-bond donors (Lipinski definition) is 3. The van der Waals surface area contributed by atoms with E-state index in [-0.39, 0.29) is 11.2 Å². The molecule has 6 rings (SSSR count). The molecule has 1 aliphatic carbocycles. The van der Waals surface area contributed by atoms with E-state index in [1.54, 1.807) is 35.5 Å². The van der Waals surface area contributed by atoms with Gasteiger partial charge in [0.2, 0.25) is 12.8 Å². The van der Waals surface area contributed by atoms with Crippen molar-refractivity contribution in [2.45, 2.75) is 56.6 Å². The summed E-state index contributed by atoms with van der Waals surface area (Å²) in [5, 5.41) is 15.6. The number of pyridine rings is 1. The molecule has 0 spiro atoms. The van der Waals surface area contributed by atoms with Gasteiger partial charge in [-0.3, -0.25) is 9.59 Å². The van der Waals surface area contributed by atoms with E-state index in [9.17, 15) is 19.1 Å². The van der Waals surface area contributed by atoms with Gasteiger partial charge in [-0.05, 0) is 73.6 Å². The summed E-state index contributed by atoms with van der Waals surface area (Å²) in [5.74, 6) is 2.21. The van der Waals surface area contributed by atoms with E-state index in [0.29, 0.717) is 24.5 Å². The number of aromatic nitrogens is 1. The molecular formula is C31H38ClFN6O3. The topological polar surface area (TPSA) is 110 Å². The molecule has 0 bridgehead atoms. The summed E-state index contributed by atoms with van der Waals surface area (Å²) in [6, 6.07) is 8.56. The standard InChI is InChI=1S/C18H18FN3O.C7H13NO2.C6H7ClN2/c19-15-6-5-14(11-16(15)21-12-23)18(8-7-13-3-4-13)17-20-9-1-2-10-22(17)18;1-2-7(10)3-4-8(5-7)6-9;1-8-6-3-2-5(7)4-9-6/h1-2,5-6,9-13H,3-4,7-8H2,(H,21,23);6,10H,2-5H2,1H3;2-4H,1H3,(H,8,9). The van der Waals surface area contributed by atoms with Crippen molar-refractivity contribution >= 4 is 41.8 Å². The number of carbonyl (C=O) groups is 2. The lowest BCUT2D eigenvalue weighted by Gasteiger charge is -2.18. The van der Waals surface area contributed by atoms with E-state index >= 15 is 0 Å². The van der Waals surface area contributed by atoms with Crippen molar-refractivity contribution in [3.8, 4) is 0 Å². The second-order valence-electron chi connectivity index (χ2n) is 10.8. The zero-order valence-electron chi connectivity index (χ0n) is 24.0. The maximum atomic E-state index is 13.8.